The van der Waals surface area contributed by atoms with Crippen LogP contribution < -0.4 is 10.1 Å². The smallest absolute Gasteiger partial charge is 0.170 e. The third kappa shape index (κ3) is 4.08. The van der Waals surface area contributed by atoms with Gasteiger partial charge in [-0.2, -0.15) is 0 Å². The van der Waals surface area contributed by atoms with Gasteiger partial charge in [0, 0.05) is 35.8 Å². The molecule has 1 aromatic carbocycles. The molecule has 1 aliphatic rings. The Morgan fingerprint density at radius 3 is 2.72 bits per heavy atom. The molecule has 0 saturated carbocycles. The number of hydrogen-bond acceptors (Lipinski definition) is 4. The van der Waals surface area contributed by atoms with E-state index in [-0.39, 0.29) is 18.7 Å². The Balaban J connectivity index is 1.85. The first-order valence-corrected chi connectivity index (χ1v) is 11.4. The number of hydrogen-bond donors (Lipinski definition) is 2. The van der Waals surface area contributed by atoms with Gasteiger partial charge in [0.05, 0.1) is 30.6 Å². The standard InChI is InChI=1S/C24H27ClN4O2S/c1-15-13-18(16(2)29(15)20-14-17(25)8-9-21(20)31-3)23-22(19-7-4-5-10-26-19)27-24(32)28(23)11-6-12-30/h4-5,7-10,13-14,22-23,30H,6,11-12H2,1-3H3,(H,27,32)/t22-,23-/m1/s1. The fourth-order valence-corrected chi connectivity index (χ4v) is 5.02. The second-order valence-corrected chi connectivity index (χ2v) is 8.70. The molecule has 1 saturated heterocycles. The molecular weight excluding hydrogens is 444 g/mol. The van der Waals surface area contributed by atoms with E-state index in [1.54, 1.807) is 13.3 Å². The molecular formula is C24H27ClN4O2S. The number of aliphatic hydroxyl groups is 1. The van der Waals surface area contributed by atoms with Crippen molar-refractivity contribution in [2.24, 2.45) is 0 Å². The summed E-state index contributed by atoms with van der Waals surface area (Å²) >= 11 is 12.0. The highest BCUT2D eigenvalue weighted by Crippen LogP contribution is 2.42. The van der Waals surface area contributed by atoms with E-state index in [9.17, 15) is 5.11 Å². The SMILES string of the molecule is COc1ccc(Cl)cc1-n1c(C)cc([C@@H]2[C@@H](c3ccccn3)NC(=S)N2CCCO)c1C. The van der Waals surface area contributed by atoms with Crippen LogP contribution in [0.1, 0.15) is 41.1 Å². The van der Waals surface area contributed by atoms with Gasteiger partial charge in [-0.25, -0.2) is 0 Å². The minimum absolute atomic E-state index is 0.0610. The number of rotatable bonds is 7. The summed E-state index contributed by atoms with van der Waals surface area (Å²) in [6.45, 7) is 4.94. The maximum Gasteiger partial charge on any atom is 0.170 e. The molecule has 0 unspecified atom stereocenters. The molecule has 0 spiro atoms. The van der Waals surface area contributed by atoms with Gasteiger partial charge in [0.2, 0.25) is 0 Å². The number of methoxy groups -OCH3 is 1. The molecule has 0 aliphatic carbocycles. The highest BCUT2D eigenvalue weighted by molar-refractivity contribution is 7.80. The number of pyridine rings is 1. The zero-order chi connectivity index (χ0) is 22.8. The Hall–Kier alpha value is -2.61. The molecule has 0 bridgehead atoms. The summed E-state index contributed by atoms with van der Waals surface area (Å²) in [5.74, 6) is 0.751. The highest BCUT2D eigenvalue weighted by Gasteiger charge is 2.41. The lowest BCUT2D eigenvalue weighted by atomic mass is 9.96. The van der Waals surface area contributed by atoms with Crippen LogP contribution in [0, 0.1) is 13.8 Å². The molecule has 2 atom stereocenters. The van der Waals surface area contributed by atoms with Crippen LogP contribution in [0.4, 0.5) is 0 Å². The quantitative estimate of drug-likeness (QED) is 0.495. The molecule has 0 radical (unpaired) electrons. The van der Waals surface area contributed by atoms with E-state index >= 15 is 0 Å². The summed E-state index contributed by atoms with van der Waals surface area (Å²) in [6.07, 6.45) is 2.43. The Labute approximate surface area is 198 Å². The molecule has 6 nitrogen and oxygen atoms in total. The van der Waals surface area contributed by atoms with Gasteiger partial charge in [-0.1, -0.05) is 17.7 Å². The lowest BCUT2D eigenvalue weighted by Crippen LogP contribution is -2.31. The van der Waals surface area contributed by atoms with Crippen LogP contribution in [0.3, 0.4) is 0 Å². The number of aromatic nitrogens is 2. The van der Waals surface area contributed by atoms with Crippen LogP contribution in [0.2, 0.25) is 5.02 Å². The summed E-state index contributed by atoms with van der Waals surface area (Å²) in [6, 6.07) is 13.6. The molecule has 8 heteroatoms. The van der Waals surface area contributed by atoms with Gasteiger partial charge in [-0.15, -0.1) is 0 Å². The third-order valence-corrected chi connectivity index (χ3v) is 6.51. The van der Waals surface area contributed by atoms with E-state index in [0.29, 0.717) is 23.1 Å². The largest absolute Gasteiger partial charge is 0.495 e. The predicted octanol–water partition coefficient (Wildman–Crippen LogP) is 4.51. The fraction of sp³-hybridized carbons (Fsp3) is 0.333. The van der Waals surface area contributed by atoms with Crippen molar-refractivity contribution in [3.8, 4) is 11.4 Å². The Morgan fingerprint density at radius 1 is 1.22 bits per heavy atom. The first-order chi connectivity index (χ1) is 15.5. The second-order valence-electron chi connectivity index (χ2n) is 7.88. The van der Waals surface area contributed by atoms with E-state index in [1.165, 1.54) is 0 Å². The number of nitrogens with one attached hydrogen (secondary N) is 1. The van der Waals surface area contributed by atoms with Crippen molar-refractivity contribution in [1.29, 1.82) is 0 Å². The second kappa shape index (κ2) is 9.48. The van der Waals surface area contributed by atoms with Gasteiger partial charge >= 0.3 is 0 Å². The molecule has 0 amide bonds. The topological polar surface area (TPSA) is 62.5 Å². The minimum Gasteiger partial charge on any atom is -0.495 e. The lowest BCUT2D eigenvalue weighted by Gasteiger charge is -2.28. The molecule has 3 heterocycles. The van der Waals surface area contributed by atoms with E-state index in [2.05, 4.69) is 39.7 Å². The van der Waals surface area contributed by atoms with Crippen LogP contribution in [-0.4, -0.2) is 44.9 Å². The zero-order valence-corrected chi connectivity index (χ0v) is 20.0. The van der Waals surface area contributed by atoms with Gasteiger partial charge in [-0.05, 0) is 74.4 Å². The molecule has 1 aliphatic heterocycles. The van der Waals surface area contributed by atoms with Crippen molar-refractivity contribution in [3.05, 3.63) is 76.3 Å². The Kier molecular flexibility index (Phi) is 6.69. The van der Waals surface area contributed by atoms with Gasteiger partial charge in [0.25, 0.3) is 0 Å². The first kappa shape index (κ1) is 22.6. The summed E-state index contributed by atoms with van der Waals surface area (Å²) in [7, 11) is 1.66. The molecule has 1 fully saturated rings. The van der Waals surface area contributed by atoms with E-state index in [0.717, 1.165) is 34.1 Å². The number of ether oxygens (including phenoxy) is 1. The van der Waals surface area contributed by atoms with Crippen molar-refractivity contribution in [2.45, 2.75) is 32.4 Å². The van der Waals surface area contributed by atoms with Crippen molar-refractivity contribution < 1.29 is 9.84 Å². The molecule has 3 aromatic rings. The summed E-state index contributed by atoms with van der Waals surface area (Å²) in [5, 5.41) is 14.2. The number of aryl methyl sites for hydroxylation is 1. The van der Waals surface area contributed by atoms with E-state index in [4.69, 9.17) is 28.6 Å². The number of aliphatic hydroxyl groups excluding tert-OH is 1. The lowest BCUT2D eigenvalue weighted by molar-refractivity contribution is 0.247. The highest BCUT2D eigenvalue weighted by atomic mass is 35.5. The maximum atomic E-state index is 9.45. The molecule has 168 valence electrons. The monoisotopic (exact) mass is 470 g/mol. The van der Waals surface area contributed by atoms with Crippen molar-refractivity contribution in [1.82, 2.24) is 19.8 Å². The Bertz CT molecular complexity index is 1120. The molecule has 32 heavy (non-hydrogen) atoms. The average molecular weight is 471 g/mol. The zero-order valence-electron chi connectivity index (χ0n) is 18.4. The molecule has 2 aromatic heterocycles. The predicted molar refractivity (Wildman–Crippen MR) is 131 cm³/mol. The van der Waals surface area contributed by atoms with Crippen LogP contribution in [0.25, 0.3) is 5.69 Å². The maximum absolute atomic E-state index is 9.45. The van der Waals surface area contributed by atoms with Gasteiger partial charge in [0.15, 0.2) is 5.11 Å². The van der Waals surface area contributed by atoms with Crippen LogP contribution in [-0.2, 0) is 0 Å². The fourth-order valence-electron chi connectivity index (χ4n) is 4.52. The number of halogens is 1. The van der Waals surface area contributed by atoms with Crippen LogP contribution in [0.15, 0.2) is 48.7 Å². The van der Waals surface area contributed by atoms with Crippen LogP contribution in [0.5, 0.6) is 5.75 Å². The van der Waals surface area contributed by atoms with Gasteiger partial charge in [-0.3, -0.25) is 4.98 Å². The summed E-state index contributed by atoms with van der Waals surface area (Å²) in [4.78, 5) is 6.76. The third-order valence-electron chi connectivity index (χ3n) is 5.93. The van der Waals surface area contributed by atoms with E-state index < -0.39 is 0 Å². The average Bonchev–Trinajstić information content (AvgIpc) is 3.27. The molecule has 4 rings (SSSR count). The van der Waals surface area contributed by atoms with Gasteiger partial charge in [0.1, 0.15) is 5.75 Å². The van der Waals surface area contributed by atoms with Crippen LogP contribution >= 0.6 is 23.8 Å². The van der Waals surface area contributed by atoms with Crippen molar-refractivity contribution in [3.63, 3.8) is 0 Å². The number of nitrogens with zero attached hydrogens (tertiary/aromatic N) is 3. The van der Waals surface area contributed by atoms with Crippen molar-refractivity contribution in [2.75, 3.05) is 20.3 Å². The van der Waals surface area contributed by atoms with Crippen molar-refractivity contribution >= 4 is 28.9 Å². The van der Waals surface area contributed by atoms with E-state index in [1.807, 2.05) is 36.4 Å². The first-order valence-electron chi connectivity index (χ1n) is 10.6. The minimum atomic E-state index is -0.0994. The Morgan fingerprint density at radius 2 is 2.03 bits per heavy atom. The number of thiocarbonyl (C=S) groups is 1. The molecule has 2 N–H and O–H groups in total. The normalized spacial score (nSPS) is 18.2. The van der Waals surface area contributed by atoms with Gasteiger partial charge < -0.3 is 24.6 Å². The number of benzene rings is 1. The summed E-state index contributed by atoms with van der Waals surface area (Å²) < 4.78 is 7.79. The summed E-state index contributed by atoms with van der Waals surface area (Å²) in [5.41, 5.74) is 5.11.